The van der Waals surface area contributed by atoms with Crippen molar-refractivity contribution in [1.29, 1.82) is 0 Å². The van der Waals surface area contributed by atoms with Gasteiger partial charge in [0.1, 0.15) is 66.1 Å². The van der Waals surface area contributed by atoms with Gasteiger partial charge in [-0.05, 0) is 96.8 Å². The van der Waals surface area contributed by atoms with Crippen molar-refractivity contribution >= 4 is 41.4 Å². The highest BCUT2D eigenvalue weighted by Gasteiger charge is 2.50. The molecule has 3 heterocycles. The number of ether oxygens (including phenoxy) is 1. The number of aliphatic hydroxyl groups excluding tert-OH is 8. The van der Waals surface area contributed by atoms with E-state index in [0.717, 1.165) is 76.1 Å². The Morgan fingerprint density at radius 1 is 0.639 bits per heavy atom. The van der Waals surface area contributed by atoms with E-state index in [9.17, 15) is 79.5 Å². The number of nitrogens with zero attached hydrogens (tertiary/aromatic N) is 2. The summed E-state index contributed by atoms with van der Waals surface area (Å²) in [5.41, 5.74) is 3.40. The van der Waals surface area contributed by atoms with Crippen LogP contribution in [0.5, 0.6) is 11.5 Å². The molecule has 3 saturated heterocycles. The number of fused-ring (bicyclic) bond motifs is 2. The highest BCUT2D eigenvalue weighted by molar-refractivity contribution is 6.00. The molecule has 83 heavy (non-hydrogen) atoms. The molecule has 24 heteroatoms. The molecule has 14 N–H and O–H groups in total. The van der Waals surface area contributed by atoms with Crippen LogP contribution in [-0.2, 0) is 28.8 Å². The maximum absolute atomic E-state index is 14.5. The van der Waals surface area contributed by atoms with Crippen molar-refractivity contribution in [2.75, 3.05) is 19.7 Å². The Kier molecular flexibility index (Phi) is 19.9. The third-order valence-corrected chi connectivity index (χ3v) is 15.7. The molecule has 8 rings (SSSR count). The molecule has 446 valence electrons. The van der Waals surface area contributed by atoms with E-state index in [2.05, 4.69) is 26.6 Å². The number of carbonyl (C=O) groups excluding carboxylic acids is 7. The van der Waals surface area contributed by atoms with Crippen molar-refractivity contribution in [2.24, 2.45) is 11.8 Å². The topological polar surface area (TPSA) is 377 Å². The molecule has 0 bridgehead atoms. The van der Waals surface area contributed by atoms with Gasteiger partial charge in [-0.1, -0.05) is 80.4 Å². The summed E-state index contributed by atoms with van der Waals surface area (Å²) in [4.78, 5) is 102. The lowest BCUT2D eigenvalue weighted by Crippen LogP contribution is -2.64. The van der Waals surface area contributed by atoms with Crippen LogP contribution in [-0.4, -0.2) is 196 Å². The van der Waals surface area contributed by atoms with E-state index >= 15 is 0 Å². The van der Waals surface area contributed by atoms with E-state index in [-0.39, 0.29) is 23.4 Å². The Morgan fingerprint density at radius 2 is 1.17 bits per heavy atom. The smallest absolute Gasteiger partial charge is 0.251 e. The largest absolute Gasteiger partial charge is 0.508 e. The first kappa shape index (κ1) is 61.5. The number of amides is 7. The highest BCUT2D eigenvalue weighted by Crippen LogP contribution is 2.34. The number of benzene rings is 4. The quantitative estimate of drug-likeness (QED) is 0.0679. The molecule has 0 unspecified atom stereocenters. The predicted octanol–water partition coefficient (Wildman–Crippen LogP) is -0.927. The first-order chi connectivity index (χ1) is 39.5. The Hall–Kier alpha value is -7.55. The van der Waals surface area contributed by atoms with Gasteiger partial charge in [-0.25, -0.2) is 0 Å². The summed E-state index contributed by atoms with van der Waals surface area (Å²) in [6.45, 7) is 3.38. The SMILES string of the molecule is C[C@@H](O)[C@@H]1NC(=O)[C@H]([C@H](O)[C@@H](O)c2ccc(O)cc2)NC(=O)[C@@H]2C[C@@H](O)CN2C(=O)[C@H]([C@@H](C)O)NC(=O)[C@@H](NC(=O)c2ccc(-c3ccc(-c4ccc(OCCCC5CC5)cc4)cc3)cc2)C[C@@H](O)[C@@H](O)NC(=O)[C@@H]2[C@@H](O)[C@@H](C)CN2C1=O. The first-order valence-corrected chi connectivity index (χ1v) is 27.8. The van der Waals surface area contributed by atoms with Crippen molar-refractivity contribution in [2.45, 2.75) is 145 Å². The van der Waals surface area contributed by atoms with Crippen molar-refractivity contribution < 1.29 is 84.3 Å². The maximum atomic E-state index is 14.5. The van der Waals surface area contributed by atoms with Gasteiger partial charge >= 0.3 is 0 Å². The van der Waals surface area contributed by atoms with Gasteiger partial charge in [0.05, 0.1) is 31.0 Å². The zero-order valence-corrected chi connectivity index (χ0v) is 46.0. The second-order valence-corrected chi connectivity index (χ2v) is 22.2. The molecule has 7 amide bonds. The van der Waals surface area contributed by atoms with Gasteiger partial charge in [-0.15, -0.1) is 0 Å². The normalized spacial score (nSPS) is 28.3. The fourth-order valence-electron chi connectivity index (χ4n) is 10.6. The van der Waals surface area contributed by atoms with Gasteiger partial charge in [0.2, 0.25) is 35.4 Å². The molecule has 0 spiro atoms. The summed E-state index contributed by atoms with van der Waals surface area (Å²) in [6.07, 6.45) is -11.9. The van der Waals surface area contributed by atoms with E-state index in [1.54, 1.807) is 12.1 Å². The van der Waals surface area contributed by atoms with Crippen LogP contribution in [0.2, 0.25) is 0 Å². The summed E-state index contributed by atoms with van der Waals surface area (Å²) in [5, 5.41) is 111. The summed E-state index contributed by atoms with van der Waals surface area (Å²) >= 11 is 0. The molecule has 1 saturated carbocycles. The van der Waals surface area contributed by atoms with Crippen LogP contribution < -0.4 is 31.3 Å². The minimum Gasteiger partial charge on any atom is -0.508 e. The molecule has 1 aliphatic carbocycles. The summed E-state index contributed by atoms with van der Waals surface area (Å²) in [6, 6.07) is 14.9. The maximum Gasteiger partial charge on any atom is 0.251 e. The Bertz CT molecular complexity index is 2940. The number of hydrogen-bond donors (Lipinski definition) is 14. The van der Waals surface area contributed by atoms with Crippen LogP contribution in [0.4, 0.5) is 0 Å². The Balaban J connectivity index is 1.06. The van der Waals surface area contributed by atoms with Crippen LogP contribution >= 0.6 is 0 Å². The number of phenolic OH excluding ortho intramolecular Hbond substituents is 1. The van der Waals surface area contributed by atoms with Gasteiger partial charge < -0.3 is 87.1 Å². The molecule has 15 atom stereocenters. The van der Waals surface area contributed by atoms with Gasteiger partial charge in [0.15, 0.2) is 6.23 Å². The zero-order valence-electron chi connectivity index (χ0n) is 46.0. The number of aromatic hydroxyl groups is 1. The van der Waals surface area contributed by atoms with Crippen LogP contribution in [0, 0.1) is 11.8 Å². The number of rotatable bonds is 14. The summed E-state index contributed by atoms with van der Waals surface area (Å²) in [7, 11) is 0. The van der Waals surface area contributed by atoms with E-state index in [1.165, 1.54) is 50.5 Å². The van der Waals surface area contributed by atoms with Gasteiger partial charge in [0.25, 0.3) is 5.91 Å². The van der Waals surface area contributed by atoms with Crippen LogP contribution in [0.25, 0.3) is 22.3 Å². The molecule has 0 aromatic heterocycles. The van der Waals surface area contributed by atoms with Gasteiger partial charge in [-0.2, -0.15) is 0 Å². The van der Waals surface area contributed by atoms with Crippen molar-refractivity contribution in [1.82, 2.24) is 36.4 Å². The first-order valence-electron chi connectivity index (χ1n) is 27.8. The molecule has 24 nitrogen and oxygen atoms in total. The highest BCUT2D eigenvalue weighted by atomic mass is 16.5. The second-order valence-electron chi connectivity index (χ2n) is 22.2. The third kappa shape index (κ3) is 14.8. The number of aliphatic hydroxyl groups is 8. The molecule has 3 aliphatic heterocycles. The molecule has 4 aromatic rings. The number of nitrogens with one attached hydrogen (secondary N) is 5. The second kappa shape index (κ2) is 26.8. The van der Waals surface area contributed by atoms with Gasteiger partial charge in [-0.3, -0.25) is 33.6 Å². The molecular weight excluding hydrogens is 1080 g/mol. The lowest BCUT2D eigenvalue weighted by molar-refractivity contribution is -0.148. The third-order valence-electron chi connectivity index (χ3n) is 15.7. The van der Waals surface area contributed by atoms with Crippen LogP contribution in [0.3, 0.4) is 0 Å². The predicted molar refractivity (Wildman–Crippen MR) is 296 cm³/mol. The number of carbonyl (C=O) groups is 7. The lowest BCUT2D eigenvalue weighted by atomic mass is 9.96. The van der Waals surface area contributed by atoms with Crippen LogP contribution in [0.1, 0.15) is 81.3 Å². The zero-order chi connectivity index (χ0) is 60.0. The average molecular weight is 1150 g/mol. The van der Waals surface area contributed by atoms with E-state index in [1.807, 2.05) is 48.5 Å². The van der Waals surface area contributed by atoms with Crippen LogP contribution in [0.15, 0.2) is 97.1 Å². The fourth-order valence-corrected chi connectivity index (χ4v) is 10.6. The number of hydrogen-bond acceptors (Lipinski definition) is 17. The monoisotopic (exact) mass is 1150 g/mol. The molecule has 0 radical (unpaired) electrons. The fraction of sp³-hybridized carbons (Fsp3) is 0.475. The molecule has 4 aliphatic rings. The minimum atomic E-state index is -2.29. The minimum absolute atomic E-state index is 0.0124. The number of phenols is 1. The summed E-state index contributed by atoms with van der Waals surface area (Å²) in [5.74, 6) is -7.80. The van der Waals surface area contributed by atoms with Crippen molar-refractivity contribution in [3.8, 4) is 33.8 Å². The van der Waals surface area contributed by atoms with E-state index < -0.39 is 152 Å². The van der Waals surface area contributed by atoms with Crippen molar-refractivity contribution in [3.63, 3.8) is 0 Å². The van der Waals surface area contributed by atoms with E-state index in [0.29, 0.717) is 6.61 Å². The Morgan fingerprint density at radius 3 is 1.73 bits per heavy atom. The molecular formula is C59H73N7O17. The standard InChI is InChI=1S/C59H73N7O17/c1-29-27-66-48(49(29)72)57(80)64-55(78)44(71)26-42(60-52(75)38-14-12-35(13-15-38)33-8-10-34(11-9-33)36-18-22-41(23-19-36)83-24-4-5-32-6-7-32)53(76)61-45(30(2)67)58(81)65-28-40(70)25-43(65)54(77)63-47(56(79)62-46(31(3)68)59(66)82)51(74)50(73)37-16-20-39(69)21-17-37/h8-23,29-32,40,42-51,55,67-74,78H,4-7,24-28H2,1-3H3,(H,60,75)(H,61,76)(H,62,79)(H,63,77)(H,64,80)/t29-,30+,31+,40+,42-,43-,44+,45-,46-,47-,48-,49-,50-,51-,55+/m0/s1. The van der Waals surface area contributed by atoms with E-state index in [4.69, 9.17) is 4.74 Å². The van der Waals surface area contributed by atoms with Crippen molar-refractivity contribution in [3.05, 3.63) is 108 Å². The van der Waals surface area contributed by atoms with Gasteiger partial charge in [0, 0.05) is 37.4 Å². The molecule has 4 aromatic carbocycles. The summed E-state index contributed by atoms with van der Waals surface area (Å²) < 4.78 is 5.92. The average Bonchev–Trinajstić information content (AvgIpc) is 4.20. The lowest BCUT2D eigenvalue weighted by Gasteiger charge is -2.34. The molecule has 4 fully saturated rings. The Labute approximate surface area is 478 Å².